The van der Waals surface area contributed by atoms with Crippen molar-refractivity contribution in [3.8, 4) is 0 Å². The van der Waals surface area contributed by atoms with Gasteiger partial charge in [0.2, 0.25) is 5.91 Å². The van der Waals surface area contributed by atoms with E-state index in [0.29, 0.717) is 18.2 Å². The highest BCUT2D eigenvalue weighted by atomic mass is 35.5. The van der Waals surface area contributed by atoms with Crippen molar-refractivity contribution in [3.05, 3.63) is 29.0 Å². The van der Waals surface area contributed by atoms with E-state index in [1.807, 2.05) is 6.07 Å². The van der Waals surface area contributed by atoms with Crippen LogP contribution in [-0.2, 0) is 11.3 Å². The molecule has 5 nitrogen and oxygen atoms in total. The van der Waals surface area contributed by atoms with Crippen molar-refractivity contribution >= 4 is 17.5 Å². The van der Waals surface area contributed by atoms with Gasteiger partial charge in [0.1, 0.15) is 11.2 Å². The predicted molar refractivity (Wildman–Crippen MR) is 65.5 cm³/mol. The third kappa shape index (κ3) is 3.15. The molecule has 17 heavy (non-hydrogen) atoms. The van der Waals surface area contributed by atoms with Crippen LogP contribution in [0.15, 0.2) is 18.3 Å². The van der Waals surface area contributed by atoms with Gasteiger partial charge in [-0.25, -0.2) is 4.98 Å². The van der Waals surface area contributed by atoms with Gasteiger partial charge in [0.25, 0.3) is 0 Å². The zero-order chi connectivity index (χ0) is 12.3. The monoisotopic (exact) mass is 254 g/mol. The van der Waals surface area contributed by atoms with Crippen molar-refractivity contribution in [2.45, 2.75) is 12.6 Å². The van der Waals surface area contributed by atoms with Gasteiger partial charge in [0.15, 0.2) is 0 Å². The van der Waals surface area contributed by atoms with Crippen molar-refractivity contribution < 1.29 is 4.79 Å². The molecular formula is C11H15ClN4O. The van der Waals surface area contributed by atoms with E-state index in [1.54, 1.807) is 12.3 Å². The van der Waals surface area contributed by atoms with Gasteiger partial charge in [0, 0.05) is 32.4 Å². The summed E-state index contributed by atoms with van der Waals surface area (Å²) in [7, 11) is 0. The number of pyridine rings is 1. The second-order valence-corrected chi connectivity index (χ2v) is 4.47. The summed E-state index contributed by atoms with van der Waals surface area (Å²) in [6, 6.07) is 3.41. The van der Waals surface area contributed by atoms with Crippen molar-refractivity contribution in [2.24, 2.45) is 5.73 Å². The number of carbonyl (C=O) groups excluding carboxylic acids is 1. The molecule has 0 bridgehead atoms. The van der Waals surface area contributed by atoms with Crippen LogP contribution in [0.2, 0.25) is 5.15 Å². The molecule has 1 atom stereocenters. The van der Waals surface area contributed by atoms with Crippen LogP contribution in [0.1, 0.15) is 5.56 Å². The van der Waals surface area contributed by atoms with Gasteiger partial charge in [-0.1, -0.05) is 17.7 Å². The van der Waals surface area contributed by atoms with Crippen LogP contribution in [0, 0.1) is 0 Å². The molecule has 1 fully saturated rings. The molecule has 0 saturated carbocycles. The van der Waals surface area contributed by atoms with Crippen LogP contribution in [0.4, 0.5) is 0 Å². The standard InChI is InChI=1S/C11H15ClN4O/c12-10-2-1-8(5-15-10)7-16-4-3-14-6-9(16)11(13)17/h1-2,5,9,14H,3-4,6-7H2,(H2,13,17). The fourth-order valence-electron chi connectivity index (χ4n) is 1.95. The summed E-state index contributed by atoms with van der Waals surface area (Å²) in [5, 5.41) is 3.63. The highest BCUT2D eigenvalue weighted by Crippen LogP contribution is 2.11. The number of nitrogens with two attached hydrogens (primary N) is 1. The van der Waals surface area contributed by atoms with E-state index in [2.05, 4.69) is 15.2 Å². The van der Waals surface area contributed by atoms with Gasteiger partial charge in [-0.2, -0.15) is 0 Å². The summed E-state index contributed by atoms with van der Waals surface area (Å²) in [5.74, 6) is -0.292. The van der Waals surface area contributed by atoms with E-state index in [9.17, 15) is 4.79 Å². The van der Waals surface area contributed by atoms with Gasteiger partial charge >= 0.3 is 0 Å². The van der Waals surface area contributed by atoms with Gasteiger partial charge in [-0.3, -0.25) is 9.69 Å². The normalized spacial score (nSPS) is 21.4. The molecule has 0 aliphatic carbocycles. The zero-order valence-corrected chi connectivity index (χ0v) is 10.2. The minimum Gasteiger partial charge on any atom is -0.368 e. The van der Waals surface area contributed by atoms with E-state index >= 15 is 0 Å². The summed E-state index contributed by atoms with van der Waals surface area (Å²) in [6.07, 6.45) is 1.72. The summed E-state index contributed by atoms with van der Waals surface area (Å²) >= 11 is 5.72. The van der Waals surface area contributed by atoms with E-state index < -0.39 is 0 Å². The number of nitrogens with one attached hydrogen (secondary N) is 1. The Morgan fingerprint density at radius 1 is 1.65 bits per heavy atom. The Kier molecular flexibility index (Phi) is 3.93. The number of nitrogens with zero attached hydrogens (tertiary/aromatic N) is 2. The summed E-state index contributed by atoms with van der Waals surface area (Å²) in [4.78, 5) is 17.4. The average molecular weight is 255 g/mol. The SMILES string of the molecule is NC(=O)C1CNCCN1Cc1ccc(Cl)nc1. The Bertz CT molecular complexity index is 395. The molecule has 1 aliphatic rings. The summed E-state index contributed by atoms with van der Waals surface area (Å²) in [6.45, 7) is 2.94. The van der Waals surface area contributed by atoms with Crippen molar-refractivity contribution in [1.82, 2.24) is 15.2 Å². The molecule has 1 amide bonds. The van der Waals surface area contributed by atoms with E-state index in [-0.39, 0.29) is 11.9 Å². The molecule has 6 heteroatoms. The van der Waals surface area contributed by atoms with Crippen LogP contribution in [0.5, 0.6) is 0 Å². The van der Waals surface area contributed by atoms with Crippen LogP contribution in [-0.4, -0.2) is 41.5 Å². The van der Waals surface area contributed by atoms with Gasteiger partial charge < -0.3 is 11.1 Å². The van der Waals surface area contributed by atoms with Gasteiger partial charge in [-0.15, -0.1) is 0 Å². The number of hydrogen-bond donors (Lipinski definition) is 2. The van der Waals surface area contributed by atoms with E-state index in [4.69, 9.17) is 17.3 Å². The Morgan fingerprint density at radius 3 is 3.12 bits per heavy atom. The molecule has 2 rings (SSSR count). The molecule has 1 unspecified atom stereocenters. The number of primary amides is 1. The number of hydrogen-bond acceptors (Lipinski definition) is 4. The molecule has 3 N–H and O–H groups in total. The molecule has 92 valence electrons. The minimum absolute atomic E-state index is 0.251. The Labute approximate surface area is 105 Å². The van der Waals surface area contributed by atoms with Crippen LogP contribution < -0.4 is 11.1 Å². The molecule has 2 heterocycles. The predicted octanol–water partition coefficient (Wildman–Crippen LogP) is -0.00590. The van der Waals surface area contributed by atoms with Crippen LogP contribution in [0.25, 0.3) is 0 Å². The van der Waals surface area contributed by atoms with Gasteiger partial charge in [0.05, 0.1) is 0 Å². The lowest BCUT2D eigenvalue weighted by atomic mass is 10.1. The maximum atomic E-state index is 11.3. The lowest BCUT2D eigenvalue weighted by molar-refractivity contribution is -0.124. The first-order valence-electron chi connectivity index (χ1n) is 5.51. The maximum absolute atomic E-state index is 11.3. The van der Waals surface area contributed by atoms with E-state index in [0.717, 1.165) is 18.7 Å². The number of piperazine rings is 1. The third-order valence-electron chi connectivity index (χ3n) is 2.86. The number of carbonyl (C=O) groups is 1. The van der Waals surface area contributed by atoms with Crippen LogP contribution >= 0.6 is 11.6 Å². The molecule has 1 saturated heterocycles. The zero-order valence-electron chi connectivity index (χ0n) is 9.40. The number of aromatic nitrogens is 1. The smallest absolute Gasteiger partial charge is 0.236 e. The average Bonchev–Trinajstić information content (AvgIpc) is 2.32. The summed E-state index contributed by atoms with van der Waals surface area (Å²) in [5.41, 5.74) is 6.41. The highest BCUT2D eigenvalue weighted by Gasteiger charge is 2.26. The second kappa shape index (κ2) is 5.44. The minimum atomic E-state index is -0.292. The first-order valence-corrected chi connectivity index (χ1v) is 5.89. The fourth-order valence-corrected chi connectivity index (χ4v) is 2.06. The molecule has 1 aliphatic heterocycles. The largest absolute Gasteiger partial charge is 0.368 e. The Hall–Kier alpha value is -1.17. The van der Waals surface area contributed by atoms with Crippen molar-refractivity contribution in [2.75, 3.05) is 19.6 Å². The third-order valence-corrected chi connectivity index (χ3v) is 3.08. The van der Waals surface area contributed by atoms with Crippen LogP contribution in [0.3, 0.4) is 0 Å². The number of amides is 1. The molecule has 0 radical (unpaired) electrons. The maximum Gasteiger partial charge on any atom is 0.236 e. The first kappa shape index (κ1) is 12.3. The van der Waals surface area contributed by atoms with Gasteiger partial charge in [-0.05, 0) is 11.6 Å². The lowest BCUT2D eigenvalue weighted by Crippen LogP contribution is -2.56. The number of halogens is 1. The topological polar surface area (TPSA) is 71.2 Å². The molecule has 0 spiro atoms. The quantitative estimate of drug-likeness (QED) is 0.745. The molecule has 1 aromatic heterocycles. The highest BCUT2D eigenvalue weighted by molar-refractivity contribution is 6.29. The van der Waals surface area contributed by atoms with Crippen molar-refractivity contribution in [1.29, 1.82) is 0 Å². The second-order valence-electron chi connectivity index (χ2n) is 4.08. The lowest BCUT2D eigenvalue weighted by Gasteiger charge is -2.34. The molecular weight excluding hydrogens is 240 g/mol. The number of rotatable bonds is 3. The Morgan fingerprint density at radius 2 is 2.47 bits per heavy atom. The summed E-state index contributed by atoms with van der Waals surface area (Å²) < 4.78 is 0. The molecule has 0 aromatic carbocycles. The van der Waals surface area contributed by atoms with E-state index in [1.165, 1.54) is 0 Å². The fraction of sp³-hybridized carbons (Fsp3) is 0.455. The van der Waals surface area contributed by atoms with Crippen molar-refractivity contribution in [3.63, 3.8) is 0 Å². The molecule has 1 aromatic rings. The first-order chi connectivity index (χ1) is 8.16. The Balaban J connectivity index is 2.05.